The maximum absolute atomic E-state index is 11.9. The molecule has 0 bridgehead atoms. The highest BCUT2D eigenvalue weighted by Crippen LogP contribution is 2.35. The zero-order chi connectivity index (χ0) is 15.6. The van der Waals surface area contributed by atoms with E-state index in [4.69, 9.17) is 32.5 Å². The largest absolute Gasteiger partial charge is 0.465 e. The van der Waals surface area contributed by atoms with Crippen molar-refractivity contribution in [3.05, 3.63) is 22.7 Å². The van der Waals surface area contributed by atoms with Gasteiger partial charge >= 0.3 is 5.97 Å². The number of nitrogen functional groups attached to an aromatic ring is 1. The molecule has 8 heteroatoms. The van der Waals surface area contributed by atoms with Gasteiger partial charge in [-0.1, -0.05) is 11.6 Å². The Bertz CT molecular complexity index is 579. The van der Waals surface area contributed by atoms with Gasteiger partial charge in [0, 0.05) is 12.2 Å². The van der Waals surface area contributed by atoms with Gasteiger partial charge in [0.2, 0.25) is 5.91 Å². The van der Waals surface area contributed by atoms with Crippen molar-refractivity contribution in [3.63, 3.8) is 0 Å². The molecule has 1 heterocycles. The number of amides is 1. The Morgan fingerprint density at radius 2 is 2.19 bits per heavy atom. The minimum atomic E-state index is -0.705. The Hall–Kier alpha value is -1.99. The first kappa shape index (κ1) is 15.4. The molecular weight excluding hydrogens is 298 g/mol. The number of carbonyl (C=O) groups excluding carboxylic acids is 2. The second-order valence-electron chi connectivity index (χ2n) is 4.58. The van der Waals surface area contributed by atoms with Crippen LogP contribution in [0.15, 0.2) is 12.1 Å². The summed E-state index contributed by atoms with van der Waals surface area (Å²) >= 11 is 6.22. The number of primary amides is 1. The van der Waals surface area contributed by atoms with Crippen molar-refractivity contribution in [1.82, 2.24) is 0 Å². The van der Waals surface area contributed by atoms with Crippen LogP contribution in [0.3, 0.4) is 0 Å². The first-order chi connectivity index (χ1) is 9.95. The summed E-state index contributed by atoms with van der Waals surface area (Å²) in [5.41, 5.74) is 12.0. The number of hydrogen-bond acceptors (Lipinski definition) is 6. The van der Waals surface area contributed by atoms with E-state index >= 15 is 0 Å². The zero-order valence-corrected chi connectivity index (χ0v) is 12.2. The summed E-state index contributed by atoms with van der Waals surface area (Å²) in [5, 5.41) is 0.253. The first-order valence-electron chi connectivity index (χ1n) is 6.26. The van der Waals surface area contributed by atoms with Gasteiger partial charge in [0.05, 0.1) is 36.6 Å². The average Bonchev–Trinajstić information content (AvgIpc) is 2.45. The molecule has 1 aliphatic rings. The molecule has 2 rings (SSSR count). The highest BCUT2D eigenvalue weighted by Gasteiger charge is 2.32. The van der Waals surface area contributed by atoms with Gasteiger partial charge in [-0.25, -0.2) is 4.79 Å². The lowest BCUT2D eigenvalue weighted by Gasteiger charge is -2.36. The fourth-order valence-electron chi connectivity index (χ4n) is 2.28. The normalized spacial score (nSPS) is 18.4. The number of morpholine rings is 1. The maximum atomic E-state index is 11.9. The molecule has 1 aliphatic heterocycles. The van der Waals surface area contributed by atoms with E-state index in [9.17, 15) is 9.59 Å². The number of esters is 1. The monoisotopic (exact) mass is 313 g/mol. The molecule has 7 nitrogen and oxygen atoms in total. The molecule has 1 unspecified atom stereocenters. The van der Waals surface area contributed by atoms with Gasteiger partial charge in [-0.3, -0.25) is 4.79 Å². The Labute approximate surface area is 126 Å². The quantitative estimate of drug-likeness (QED) is 0.617. The molecule has 1 aromatic rings. The number of benzene rings is 1. The SMILES string of the molecule is COC(=O)c1cc(N)cc(Cl)c1N1CCOCC1C(N)=O. The summed E-state index contributed by atoms with van der Waals surface area (Å²) in [5.74, 6) is -1.15. The Morgan fingerprint density at radius 1 is 1.48 bits per heavy atom. The van der Waals surface area contributed by atoms with Gasteiger partial charge in [-0.2, -0.15) is 0 Å². The minimum absolute atomic E-state index is 0.136. The topological polar surface area (TPSA) is 108 Å². The predicted molar refractivity (Wildman–Crippen MR) is 78.4 cm³/mol. The van der Waals surface area contributed by atoms with E-state index in [-0.39, 0.29) is 17.2 Å². The van der Waals surface area contributed by atoms with E-state index in [0.717, 1.165) is 0 Å². The van der Waals surface area contributed by atoms with Crippen molar-refractivity contribution >= 4 is 34.9 Å². The molecule has 1 fully saturated rings. The van der Waals surface area contributed by atoms with Crippen molar-refractivity contribution < 1.29 is 19.1 Å². The molecule has 1 aromatic carbocycles. The lowest BCUT2D eigenvalue weighted by molar-refractivity contribution is -0.121. The molecule has 1 saturated heterocycles. The van der Waals surface area contributed by atoms with Gasteiger partial charge in [0.15, 0.2) is 0 Å². The number of halogens is 1. The molecule has 1 atom stereocenters. The fourth-order valence-corrected chi connectivity index (χ4v) is 2.62. The van der Waals surface area contributed by atoms with E-state index < -0.39 is 17.9 Å². The molecule has 1 amide bonds. The van der Waals surface area contributed by atoms with Crippen molar-refractivity contribution in [2.75, 3.05) is 37.5 Å². The van der Waals surface area contributed by atoms with Crippen LogP contribution in [0.1, 0.15) is 10.4 Å². The average molecular weight is 314 g/mol. The summed E-state index contributed by atoms with van der Waals surface area (Å²) in [6.07, 6.45) is 0. The molecule has 114 valence electrons. The van der Waals surface area contributed by atoms with E-state index in [1.54, 1.807) is 4.90 Å². The van der Waals surface area contributed by atoms with E-state index in [0.29, 0.717) is 24.5 Å². The van der Waals surface area contributed by atoms with Crippen LogP contribution >= 0.6 is 11.6 Å². The highest BCUT2D eigenvalue weighted by molar-refractivity contribution is 6.34. The smallest absolute Gasteiger partial charge is 0.340 e. The number of hydrogen-bond donors (Lipinski definition) is 2. The number of methoxy groups -OCH3 is 1. The number of anilines is 2. The van der Waals surface area contributed by atoms with Gasteiger partial charge < -0.3 is 25.8 Å². The van der Waals surface area contributed by atoms with Crippen LogP contribution in [0.4, 0.5) is 11.4 Å². The molecule has 0 radical (unpaired) electrons. The van der Waals surface area contributed by atoms with Crippen LogP contribution in [-0.4, -0.2) is 44.8 Å². The van der Waals surface area contributed by atoms with Crippen LogP contribution in [0.5, 0.6) is 0 Å². The van der Waals surface area contributed by atoms with Crippen molar-refractivity contribution in [3.8, 4) is 0 Å². The summed E-state index contributed by atoms with van der Waals surface area (Å²) in [6, 6.07) is 2.26. The molecule has 0 aliphatic carbocycles. The van der Waals surface area contributed by atoms with Crippen LogP contribution < -0.4 is 16.4 Å². The summed E-state index contributed by atoms with van der Waals surface area (Å²) < 4.78 is 10.0. The van der Waals surface area contributed by atoms with Crippen LogP contribution in [0.2, 0.25) is 5.02 Å². The van der Waals surface area contributed by atoms with Gasteiger partial charge in [0.1, 0.15) is 6.04 Å². The van der Waals surface area contributed by atoms with Crippen LogP contribution in [-0.2, 0) is 14.3 Å². The fraction of sp³-hybridized carbons (Fsp3) is 0.385. The van der Waals surface area contributed by atoms with Crippen molar-refractivity contribution in [2.24, 2.45) is 5.73 Å². The van der Waals surface area contributed by atoms with Crippen LogP contribution in [0, 0.1) is 0 Å². The highest BCUT2D eigenvalue weighted by atomic mass is 35.5. The number of ether oxygens (including phenoxy) is 2. The summed E-state index contributed by atoms with van der Waals surface area (Å²) in [6.45, 7) is 0.906. The molecule has 0 aromatic heterocycles. The van der Waals surface area contributed by atoms with Crippen molar-refractivity contribution in [2.45, 2.75) is 6.04 Å². The zero-order valence-electron chi connectivity index (χ0n) is 11.5. The standard InChI is InChI=1S/C13H16ClN3O4/c1-20-13(19)8-4-7(15)5-9(14)11(8)17-2-3-21-6-10(17)12(16)18/h4-5,10H,2-3,6,15H2,1H3,(H2,16,18). The van der Waals surface area contributed by atoms with E-state index in [1.165, 1.54) is 19.2 Å². The maximum Gasteiger partial charge on any atom is 0.340 e. The Balaban J connectivity index is 2.55. The third-order valence-electron chi connectivity index (χ3n) is 3.24. The van der Waals surface area contributed by atoms with Gasteiger partial charge in [-0.05, 0) is 12.1 Å². The molecule has 0 spiro atoms. The minimum Gasteiger partial charge on any atom is -0.465 e. The first-order valence-corrected chi connectivity index (χ1v) is 6.64. The van der Waals surface area contributed by atoms with E-state index in [2.05, 4.69) is 0 Å². The Kier molecular flexibility index (Phi) is 4.54. The third-order valence-corrected chi connectivity index (χ3v) is 3.52. The van der Waals surface area contributed by atoms with Crippen LogP contribution in [0.25, 0.3) is 0 Å². The third kappa shape index (κ3) is 3.03. The lowest BCUT2D eigenvalue weighted by atomic mass is 10.1. The predicted octanol–water partition coefficient (Wildman–Crippen LogP) is 0.399. The van der Waals surface area contributed by atoms with Gasteiger partial charge in [0.25, 0.3) is 0 Å². The lowest BCUT2D eigenvalue weighted by Crippen LogP contribution is -2.53. The van der Waals surface area contributed by atoms with Gasteiger partial charge in [-0.15, -0.1) is 0 Å². The molecular formula is C13H16ClN3O4. The second-order valence-corrected chi connectivity index (χ2v) is 4.98. The molecule has 0 saturated carbocycles. The number of rotatable bonds is 3. The molecule has 4 N–H and O–H groups in total. The molecule has 21 heavy (non-hydrogen) atoms. The van der Waals surface area contributed by atoms with Crippen molar-refractivity contribution in [1.29, 1.82) is 0 Å². The summed E-state index contributed by atoms with van der Waals surface area (Å²) in [4.78, 5) is 25.2. The second kappa shape index (κ2) is 6.19. The van der Waals surface area contributed by atoms with E-state index in [1.807, 2.05) is 0 Å². The summed E-state index contributed by atoms with van der Waals surface area (Å²) in [7, 11) is 1.26. The number of carbonyl (C=O) groups is 2. The number of nitrogens with two attached hydrogens (primary N) is 2. The number of nitrogens with zero attached hydrogens (tertiary/aromatic N) is 1. The Morgan fingerprint density at radius 3 is 2.81 bits per heavy atom.